The number of likely N-dealkylation sites (N-methyl/N-ethyl adjacent to an activating group) is 1. The van der Waals surface area contributed by atoms with Gasteiger partial charge < -0.3 is 20.5 Å². The van der Waals surface area contributed by atoms with Crippen molar-refractivity contribution in [1.29, 1.82) is 0 Å². The van der Waals surface area contributed by atoms with Gasteiger partial charge in [-0.15, -0.1) is 0 Å². The van der Waals surface area contributed by atoms with Crippen LogP contribution >= 0.6 is 0 Å². The van der Waals surface area contributed by atoms with E-state index in [0.717, 1.165) is 0 Å². The highest BCUT2D eigenvalue weighted by Gasteiger charge is 2.30. The zero-order valence-corrected chi connectivity index (χ0v) is 10.6. The molecule has 1 amide bonds. The molecule has 0 radical (unpaired) electrons. The average molecular weight is 250 g/mol. The number of anilines is 1. The fourth-order valence-corrected chi connectivity index (χ4v) is 2.09. The van der Waals surface area contributed by atoms with Gasteiger partial charge in [0.05, 0.1) is 11.8 Å². The topological polar surface area (TPSA) is 75.8 Å². The van der Waals surface area contributed by atoms with Crippen LogP contribution in [0.3, 0.4) is 0 Å². The Hall–Kier alpha value is -1.59. The molecule has 5 nitrogen and oxygen atoms in total. The molecule has 0 saturated carbocycles. The maximum atomic E-state index is 12.0. The average Bonchev–Trinajstić information content (AvgIpc) is 2.39. The Bertz CT molecular complexity index is 462. The van der Waals surface area contributed by atoms with Gasteiger partial charge in [-0.25, -0.2) is 0 Å². The van der Waals surface area contributed by atoms with Gasteiger partial charge in [0.2, 0.25) is 0 Å². The largest absolute Gasteiger partial charge is 0.479 e. The normalized spacial score (nSPS) is 20.3. The predicted octanol–water partition coefficient (Wildman–Crippen LogP) is 0.813. The van der Waals surface area contributed by atoms with Crippen LogP contribution in [-0.2, 0) is 4.79 Å². The molecule has 1 aromatic carbocycles. The second-order valence-corrected chi connectivity index (χ2v) is 4.32. The van der Waals surface area contributed by atoms with E-state index in [4.69, 9.17) is 10.5 Å². The van der Waals surface area contributed by atoms with Crippen molar-refractivity contribution in [2.45, 2.75) is 26.1 Å². The quantitative estimate of drug-likeness (QED) is 0.832. The number of ether oxygens (including phenoxy) is 1. The molecule has 2 atom stereocenters. The molecule has 1 aliphatic heterocycles. The molecular formula is C13H18N2O3. The van der Waals surface area contributed by atoms with Crippen molar-refractivity contribution in [3.05, 3.63) is 23.8 Å². The van der Waals surface area contributed by atoms with E-state index in [1.54, 1.807) is 30.0 Å². The van der Waals surface area contributed by atoms with Crippen LogP contribution in [0.25, 0.3) is 0 Å². The summed E-state index contributed by atoms with van der Waals surface area (Å²) in [6.07, 6.45) is -1.19. The van der Waals surface area contributed by atoms with E-state index in [0.29, 0.717) is 23.5 Å². The first-order valence-corrected chi connectivity index (χ1v) is 6.08. The van der Waals surface area contributed by atoms with Crippen molar-refractivity contribution >= 4 is 11.6 Å². The number of nitrogens with two attached hydrogens (primary N) is 1. The monoisotopic (exact) mass is 250 g/mol. The highest BCUT2D eigenvalue weighted by atomic mass is 16.5. The Morgan fingerprint density at radius 2 is 2.28 bits per heavy atom. The summed E-state index contributed by atoms with van der Waals surface area (Å²) >= 11 is 0. The summed E-state index contributed by atoms with van der Waals surface area (Å²) in [6.45, 7) is 4.36. The molecule has 0 aliphatic carbocycles. The lowest BCUT2D eigenvalue weighted by Gasteiger charge is -2.32. The predicted molar refractivity (Wildman–Crippen MR) is 68.6 cm³/mol. The summed E-state index contributed by atoms with van der Waals surface area (Å²) in [6, 6.07) is 5.31. The molecule has 0 fully saturated rings. The molecule has 18 heavy (non-hydrogen) atoms. The van der Waals surface area contributed by atoms with Gasteiger partial charge in [0.1, 0.15) is 5.75 Å². The minimum absolute atomic E-state index is 0.0654. The first-order valence-electron chi connectivity index (χ1n) is 6.08. The summed E-state index contributed by atoms with van der Waals surface area (Å²) in [4.78, 5) is 13.6. The minimum atomic E-state index is -0.719. The number of aliphatic hydroxyl groups excluding tert-OH is 1. The molecule has 1 aliphatic rings. The molecule has 5 heteroatoms. The maximum absolute atomic E-state index is 12.0. The summed E-state index contributed by atoms with van der Waals surface area (Å²) < 4.78 is 5.54. The van der Waals surface area contributed by atoms with Crippen molar-refractivity contribution in [2.75, 3.05) is 18.0 Å². The number of amides is 1. The van der Waals surface area contributed by atoms with E-state index >= 15 is 0 Å². The lowest BCUT2D eigenvalue weighted by Crippen LogP contribution is -2.44. The number of aliphatic hydroxyl groups is 1. The first kappa shape index (κ1) is 12.9. The highest BCUT2D eigenvalue weighted by Crippen LogP contribution is 2.35. The number of fused-ring (bicyclic) bond motifs is 1. The molecule has 98 valence electrons. The number of nitrogens with zero attached hydrogens (tertiary/aromatic N) is 1. The van der Waals surface area contributed by atoms with Gasteiger partial charge in [-0.3, -0.25) is 4.79 Å². The molecule has 1 heterocycles. The van der Waals surface area contributed by atoms with E-state index in [1.165, 1.54) is 0 Å². The number of hydrogen-bond acceptors (Lipinski definition) is 4. The van der Waals surface area contributed by atoms with Gasteiger partial charge in [-0.1, -0.05) is 6.07 Å². The number of rotatable bonds is 3. The molecule has 1 aromatic rings. The van der Waals surface area contributed by atoms with Gasteiger partial charge >= 0.3 is 0 Å². The van der Waals surface area contributed by atoms with Crippen molar-refractivity contribution in [1.82, 2.24) is 0 Å². The standard InChI is InChI=1S/C13H18N2O3/c1-3-15-10-6-9(11(16)7-14)4-5-12(10)18-8(2)13(15)17/h4-6,8,11,16H,3,7,14H2,1-2H3. The van der Waals surface area contributed by atoms with Crippen LogP contribution in [0.5, 0.6) is 5.75 Å². The van der Waals surface area contributed by atoms with Gasteiger partial charge in [-0.2, -0.15) is 0 Å². The van der Waals surface area contributed by atoms with Gasteiger partial charge in [0.25, 0.3) is 5.91 Å². The van der Waals surface area contributed by atoms with Crippen molar-refractivity contribution in [3.8, 4) is 5.75 Å². The lowest BCUT2D eigenvalue weighted by molar-refractivity contribution is -0.125. The zero-order valence-electron chi connectivity index (χ0n) is 10.6. The summed E-state index contributed by atoms with van der Waals surface area (Å²) in [5, 5.41) is 9.74. The number of carbonyl (C=O) groups is 1. The summed E-state index contributed by atoms with van der Waals surface area (Å²) in [7, 11) is 0. The highest BCUT2D eigenvalue weighted by molar-refractivity contribution is 5.99. The second kappa shape index (κ2) is 4.96. The van der Waals surface area contributed by atoms with Crippen LogP contribution in [0, 0.1) is 0 Å². The second-order valence-electron chi connectivity index (χ2n) is 4.32. The Kier molecular flexibility index (Phi) is 3.54. The molecule has 2 unspecified atom stereocenters. The van der Waals surface area contributed by atoms with Crippen LogP contribution in [-0.4, -0.2) is 30.2 Å². The van der Waals surface area contributed by atoms with Gasteiger partial charge in [0.15, 0.2) is 6.10 Å². The lowest BCUT2D eigenvalue weighted by atomic mass is 10.1. The van der Waals surface area contributed by atoms with Crippen LogP contribution in [0.4, 0.5) is 5.69 Å². The maximum Gasteiger partial charge on any atom is 0.267 e. The van der Waals surface area contributed by atoms with E-state index in [1.807, 2.05) is 6.92 Å². The van der Waals surface area contributed by atoms with E-state index in [-0.39, 0.29) is 12.5 Å². The van der Waals surface area contributed by atoms with Gasteiger partial charge in [-0.05, 0) is 31.5 Å². The Labute approximate surface area is 106 Å². The molecule has 0 saturated heterocycles. The van der Waals surface area contributed by atoms with Crippen LogP contribution in [0.1, 0.15) is 25.5 Å². The Balaban J connectivity index is 2.44. The minimum Gasteiger partial charge on any atom is -0.479 e. The fourth-order valence-electron chi connectivity index (χ4n) is 2.09. The van der Waals surface area contributed by atoms with Crippen LogP contribution in [0.2, 0.25) is 0 Å². The molecule has 3 N–H and O–H groups in total. The molecular weight excluding hydrogens is 232 g/mol. The fraction of sp³-hybridized carbons (Fsp3) is 0.462. The number of hydrogen-bond donors (Lipinski definition) is 2. The summed E-state index contributed by atoms with van der Waals surface area (Å²) in [5.41, 5.74) is 6.83. The van der Waals surface area contributed by atoms with Crippen LogP contribution in [0.15, 0.2) is 18.2 Å². The van der Waals surface area contributed by atoms with Crippen molar-refractivity contribution in [2.24, 2.45) is 5.73 Å². The third-order valence-corrected chi connectivity index (χ3v) is 3.12. The Morgan fingerprint density at radius 3 is 2.89 bits per heavy atom. The van der Waals surface area contributed by atoms with Crippen molar-refractivity contribution in [3.63, 3.8) is 0 Å². The number of benzene rings is 1. The molecule has 0 bridgehead atoms. The van der Waals surface area contributed by atoms with Crippen molar-refractivity contribution < 1.29 is 14.6 Å². The van der Waals surface area contributed by atoms with E-state index in [9.17, 15) is 9.90 Å². The summed E-state index contributed by atoms with van der Waals surface area (Å²) in [5.74, 6) is 0.598. The molecule has 2 rings (SSSR count). The van der Waals surface area contributed by atoms with Crippen LogP contribution < -0.4 is 15.4 Å². The van der Waals surface area contributed by atoms with E-state index in [2.05, 4.69) is 0 Å². The molecule has 0 spiro atoms. The SMILES string of the molecule is CCN1C(=O)C(C)Oc2ccc(C(O)CN)cc21. The zero-order chi connectivity index (χ0) is 13.3. The van der Waals surface area contributed by atoms with Gasteiger partial charge in [0, 0.05) is 13.1 Å². The smallest absolute Gasteiger partial charge is 0.267 e. The Morgan fingerprint density at radius 1 is 1.56 bits per heavy atom. The third-order valence-electron chi connectivity index (χ3n) is 3.12. The number of carbonyl (C=O) groups excluding carboxylic acids is 1. The van der Waals surface area contributed by atoms with E-state index < -0.39 is 12.2 Å². The first-order chi connectivity index (χ1) is 8.58. The molecule has 0 aromatic heterocycles. The third kappa shape index (κ3) is 2.07.